The van der Waals surface area contributed by atoms with Crippen LogP contribution in [0.4, 0.5) is 13.2 Å². The van der Waals surface area contributed by atoms with E-state index in [1.165, 1.54) is 0 Å². The fraction of sp³-hybridized carbons (Fsp3) is 0.800. The highest BCUT2D eigenvalue weighted by Gasteiger charge is 2.39. The third kappa shape index (κ3) is 3.04. The van der Waals surface area contributed by atoms with Crippen molar-refractivity contribution in [3.05, 3.63) is 11.6 Å². The number of nitrogens with zero attached hydrogens (tertiary/aromatic N) is 4. The van der Waals surface area contributed by atoms with Crippen LogP contribution in [-0.2, 0) is 19.3 Å². The van der Waals surface area contributed by atoms with E-state index >= 15 is 0 Å². The first kappa shape index (κ1) is 14.2. The molecular weight excluding hydrogens is 263 g/mol. The van der Waals surface area contributed by atoms with E-state index in [9.17, 15) is 13.2 Å². The molecule has 1 aliphatic heterocycles. The summed E-state index contributed by atoms with van der Waals surface area (Å²) in [4.78, 5) is 1.86. The normalized spacial score (nSPS) is 20.1. The van der Waals surface area contributed by atoms with E-state index in [2.05, 4.69) is 10.2 Å². The molecule has 2 rings (SSSR count). The number of hydrogen-bond donors (Lipinski definition) is 2. The first-order valence-corrected chi connectivity index (χ1v) is 5.84. The van der Waals surface area contributed by atoms with E-state index in [4.69, 9.17) is 10.8 Å². The molecule has 9 heteroatoms. The predicted octanol–water partition coefficient (Wildman–Crippen LogP) is -0.178. The molecule has 1 aliphatic rings. The van der Waals surface area contributed by atoms with Gasteiger partial charge in [0.05, 0.1) is 13.2 Å². The summed E-state index contributed by atoms with van der Waals surface area (Å²) in [6.45, 7) is 2.71. The number of alkyl halides is 3. The molecular formula is C10H16F3N5O. The smallest absolute Gasteiger partial charge is 0.394 e. The number of hydrogen-bond acceptors (Lipinski definition) is 5. The van der Waals surface area contributed by atoms with Gasteiger partial charge in [0.1, 0.15) is 5.82 Å². The number of nitrogens with two attached hydrogens (primary N) is 1. The Labute approximate surface area is 108 Å². The van der Waals surface area contributed by atoms with Crippen molar-refractivity contribution in [3.8, 4) is 0 Å². The molecule has 1 unspecified atom stereocenters. The predicted molar refractivity (Wildman–Crippen MR) is 60.0 cm³/mol. The Morgan fingerprint density at radius 1 is 1.32 bits per heavy atom. The molecule has 1 atom stereocenters. The van der Waals surface area contributed by atoms with E-state index in [0.29, 0.717) is 13.1 Å². The molecule has 6 nitrogen and oxygen atoms in total. The number of aliphatic hydroxyl groups excluding tert-OH is 1. The van der Waals surface area contributed by atoms with Crippen LogP contribution >= 0.6 is 0 Å². The zero-order valence-electron chi connectivity index (χ0n) is 10.5. The van der Waals surface area contributed by atoms with E-state index < -0.39 is 17.5 Å². The van der Waals surface area contributed by atoms with Crippen LogP contribution in [0.25, 0.3) is 0 Å². The van der Waals surface area contributed by atoms with Gasteiger partial charge in [0.25, 0.3) is 0 Å². The lowest BCUT2D eigenvalue weighted by Gasteiger charge is -2.33. The van der Waals surface area contributed by atoms with Gasteiger partial charge in [-0.2, -0.15) is 13.2 Å². The SMILES string of the molecule is CC(N)(CO)CN1CCn2c(nnc2C(F)(F)F)C1. The lowest BCUT2D eigenvalue weighted by atomic mass is 10.0. The van der Waals surface area contributed by atoms with Crippen LogP contribution in [0.2, 0.25) is 0 Å². The van der Waals surface area contributed by atoms with Crippen molar-refractivity contribution in [2.75, 3.05) is 19.7 Å². The van der Waals surface area contributed by atoms with Gasteiger partial charge in [-0.1, -0.05) is 0 Å². The second-order valence-electron chi connectivity index (χ2n) is 5.11. The van der Waals surface area contributed by atoms with Crippen LogP contribution in [0.1, 0.15) is 18.6 Å². The maximum atomic E-state index is 12.6. The summed E-state index contributed by atoms with van der Waals surface area (Å²) in [5.74, 6) is -0.688. The molecule has 0 bridgehead atoms. The Kier molecular flexibility index (Phi) is 3.54. The number of aromatic nitrogens is 3. The van der Waals surface area contributed by atoms with Crippen molar-refractivity contribution in [2.45, 2.75) is 31.7 Å². The molecule has 1 aromatic heterocycles. The van der Waals surface area contributed by atoms with Crippen molar-refractivity contribution >= 4 is 0 Å². The summed E-state index contributed by atoms with van der Waals surface area (Å²) < 4.78 is 39.0. The van der Waals surface area contributed by atoms with E-state index in [0.717, 1.165) is 4.57 Å². The van der Waals surface area contributed by atoms with Gasteiger partial charge in [0, 0.05) is 25.2 Å². The largest absolute Gasteiger partial charge is 0.451 e. The summed E-state index contributed by atoms with van der Waals surface area (Å²) in [5.41, 5.74) is 5.04. The fourth-order valence-corrected chi connectivity index (χ4v) is 2.11. The van der Waals surface area contributed by atoms with Gasteiger partial charge < -0.3 is 15.4 Å². The third-order valence-corrected chi connectivity index (χ3v) is 3.03. The minimum absolute atomic E-state index is 0.165. The topological polar surface area (TPSA) is 80.2 Å². The van der Waals surface area contributed by atoms with Crippen LogP contribution in [0.3, 0.4) is 0 Å². The molecule has 108 valence electrons. The van der Waals surface area contributed by atoms with E-state index in [-0.39, 0.29) is 25.5 Å². The molecule has 0 saturated heterocycles. The van der Waals surface area contributed by atoms with Crippen LogP contribution < -0.4 is 5.73 Å². The quantitative estimate of drug-likeness (QED) is 0.802. The summed E-state index contributed by atoms with van der Waals surface area (Å²) in [5, 5.41) is 15.9. The highest BCUT2D eigenvalue weighted by Crippen LogP contribution is 2.29. The molecule has 0 fully saturated rings. The van der Waals surface area contributed by atoms with Gasteiger partial charge in [-0.05, 0) is 6.92 Å². The zero-order valence-corrected chi connectivity index (χ0v) is 10.5. The number of fused-ring (bicyclic) bond motifs is 1. The van der Waals surface area contributed by atoms with Crippen molar-refractivity contribution in [3.63, 3.8) is 0 Å². The molecule has 2 heterocycles. The summed E-state index contributed by atoms with van der Waals surface area (Å²) in [6, 6.07) is 0. The Balaban J connectivity index is 2.12. The summed E-state index contributed by atoms with van der Waals surface area (Å²) >= 11 is 0. The van der Waals surface area contributed by atoms with Crippen molar-refractivity contribution < 1.29 is 18.3 Å². The maximum Gasteiger partial charge on any atom is 0.451 e. The highest BCUT2D eigenvalue weighted by molar-refractivity contribution is 5.02. The molecule has 0 saturated carbocycles. The Bertz CT molecular complexity index is 457. The number of rotatable bonds is 3. The molecule has 0 radical (unpaired) electrons. The minimum atomic E-state index is -4.49. The van der Waals surface area contributed by atoms with Crippen LogP contribution in [0.15, 0.2) is 0 Å². The summed E-state index contributed by atoms with van der Waals surface area (Å²) in [7, 11) is 0. The first-order valence-electron chi connectivity index (χ1n) is 5.84. The average molecular weight is 279 g/mol. The molecule has 0 amide bonds. The highest BCUT2D eigenvalue weighted by atomic mass is 19.4. The van der Waals surface area contributed by atoms with Gasteiger partial charge in [-0.15, -0.1) is 10.2 Å². The van der Waals surface area contributed by atoms with Gasteiger partial charge in [-0.25, -0.2) is 0 Å². The van der Waals surface area contributed by atoms with E-state index in [1.807, 2.05) is 4.90 Å². The van der Waals surface area contributed by atoms with Crippen molar-refractivity contribution in [1.82, 2.24) is 19.7 Å². The standard InChI is InChI=1S/C10H16F3N5O/c1-9(14,6-19)5-17-2-3-18-7(4-17)15-16-8(18)10(11,12)13/h19H,2-6,14H2,1H3. The Morgan fingerprint density at radius 3 is 2.58 bits per heavy atom. The number of halogens is 3. The van der Waals surface area contributed by atoms with Gasteiger partial charge in [-0.3, -0.25) is 4.90 Å². The van der Waals surface area contributed by atoms with Crippen LogP contribution in [-0.4, -0.2) is 50.0 Å². The fourth-order valence-electron chi connectivity index (χ4n) is 2.11. The Morgan fingerprint density at radius 2 is 2.00 bits per heavy atom. The van der Waals surface area contributed by atoms with E-state index in [1.54, 1.807) is 6.92 Å². The number of aliphatic hydroxyl groups is 1. The second-order valence-corrected chi connectivity index (χ2v) is 5.11. The molecule has 0 aromatic carbocycles. The molecule has 3 N–H and O–H groups in total. The average Bonchev–Trinajstić information content (AvgIpc) is 2.71. The summed E-state index contributed by atoms with van der Waals surface area (Å²) in [6.07, 6.45) is -4.49. The third-order valence-electron chi connectivity index (χ3n) is 3.03. The van der Waals surface area contributed by atoms with Crippen molar-refractivity contribution in [2.24, 2.45) is 5.73 Å². The Hall–Kier alpha value is -1.19. The molecule has 1 aromatic rings. The van der Waals surface area contributed by atoms with Crippen LogP contribution in [0.5, 0.6) is 0 Å². The van der Waals surface area contributed by atoms with Crippen molar-refractivity contribution in [1.29, 1.82) is 0 Å². The first-order chi connectivity index (χ1) is 8.73. The van der Waals surface area contributed by atoms with Gasteiger partial charge in [0.2, 0.25) is 5.82 Å². The lowest BCUT2D eigenvalue weighted by Crippen LogP contribution is -2.52. The zero-order chi connectivity index (χ0) is 14.3. The molecule has 0 aliphatic carbocycles. The lowest BCUT2D eigenvalue weighted by molar-refractivity contribution is -0.148. The van der Waals surface area contributed by atoms with Crippen LogP contribution in [0, 0.1) is 0 Å². The molecule has 19 heavy (non-hydrogen) atoms. The molecule has 0 spiro atoms. The maximum absolute atomic E-state index is 12.6. The van der Waals surface area contributed by atoms with Gasteiger partial charge >= 0.3 is 6.18 Å². The second kappa shape index (κ2) is 4.73. The minimum Gasteiger partial charge on any atom is -0.394 e. The van der Waals surface area contributed by atoms with Gasteiger partial charge in [0.15, 0.2) is 0 Å². The monoisotopic (exact) mass is 279 g/mol.